The Morgan fingerprint density at radius 1 is 1.17 bits per heavy atom. The monoisotopic (exact) mass is 344 g/mol. The van der Waals surface area contributed by atoms with Crippen molar-refractivity contribution < 1.29 is 4.79 Å². The number of amides is 1. The van der Waals surface area contributed by atoms with Gasteiger partial charge in [0.1, 0.15) is 0 Å². The maximum Gasteiger partial charge on any atom is 0.224 e. The highest BCUT2D eigenvalue weighted by atomic mass is 35.5. The molecule has 3 rings (SSSR count). The first-order valence-corrected chi connectivity index (χ1v) is 8.33. The van der Waals surface area contributed by atoms with Crippen LogP contribution >= 0.6 is 12.4 Å². The largest absolute Gasteiger partial charge is 0.355 e. The molecule has 2 aromatic rings. The third-order valence-corrected chi connectivity index (χ3v) is 4.92. The number of rotatable bonds is 5. The van der Waals surface area contributed by atoms with E-state index in [1.807, 2.05) is 37.3 Å². The van der Waals surface area contributed by atoms with Gasteiger partial charge in [-0.15, -0.1) is 12.4 Å². The van der Waals surface area contributed by atoms with Crippen LogP contribution in [0.2, 0.25) is 0 Å². The normalized spacial score (nSPS) is 18.2. The van der Waals surface area contributed by atoms with Crippen molar-refractivity contribution >= 4 is 18.3 Å². The van der Waals surface area contributed by atoms with Crippen LogP contribution < -0.4 is 11.1 Å². The molecule has 0 aromatic heterocycles. The summed E-state index contributed by atoms with van der Waals surface area (Å²) < 4.78 is 0. The van der Waals surface area contributed by atoms with Gasteiger partial charge in [-0.3, -0.25) is 4.79 Å². The summed E-state index contributed by atoms with van der Waals surface area (Å²) >= 11 is 0. The second-order valence-electron chi connectivity index (χ2n) is 6.40. The van der Waals surface area contributed by atoms with Crippen LogP contribution in [0.3, 0.4) is 0 Å². The van der Waals surface area contributed by atoms with Gasteiger partial charge in [0, 0.05) is 18.5 Å². The Labute approximate surface area is 150 Å². The lowest BCUT2D eigenvalue weighted by Crippen LogP contribution is -2.37. The number of hydrogen-bond acceptors (Lipinski definition) is 2. The third kappa shape index (κ3) is 3.97. The number of nitrogens with two attached hydrogens (primary N) is 1. The van der Waals surface area contributed by atoms with E-state index in [2.05, 4.69) is 29.6 Å². The predicted octanol–water partition coefficient (Wildman–Crippen LogP) is 3.59. The minimum absolute atomic E-state index is 0. The predicted molar refractivity (Wildman–Crippen MR) is 100 cm³/mol. The van der Waals surface area contributed by atoms with Gasteiger partial charge in [0.2, 0.25) is 5.91 Å². The Hall–Kier alpha value is -1.84. The van der Waals surface area contributed by atoms with E-state index in [0.717, 1.165) is 18.4 Å². The zero-order valence-electron chi connectivity index (χ0n) is 13.9. The van der Waals surface area contributed by atoms with Crippen LogP contribution in [-0.4, -0.2) is 12.5 Å². The Kier molecular flexibility index (Phi) is 6.41. The summed E-state index contributed by atoms with van der Waals surface area (Å²) in [4.78, 5) is 12.4. The number of nitrogens with one attached hydrogen (secondary N) is 1. The highest BCUT2D eigenvalue weighted by Gasteiger charge is 2.25. The van der Waals surface area contributed by atoms with Gasteiger partial charge in [0.25, 0.3) is 0 Å². The van der Waals surface area contributed by atoms with E-state index in [4.69, 9.17) is 5.73 Å². The molecule has 3 N–H and O–H groups in total. The van der Waals surface area contributed by atoms with E-state index in [0.29, 0.717) is 12.5 Å². The highest BCUT2D eigenvalue weighted by molar-refractivity contribution is 5.85. The molecule has 128 valence electrons. The van der Waals surface area contributed by atoms with E-state index < -0.39 is 0 Å². The molecule has 1 aliphatic rings. The fourth-order valence-corrected chi connectivity index (χ4v) is 3.37. The zero-order valence-corrected chi connectivity index (χ0v) is 14.8. The van der Waals surface area contributed by atoms with E-state index in [9.17, 15) is 4.79 Å². The summed E-state index contributed by atoms with van der Waals surface area (Å²) in [6, 6.07) is 18.1. The van der Waals surface area contributed by atoms with Crippen LogP contribution in [0, 0.1) is 5.92 Å². The van der Waals surface area contributed by atoms with Crippen LogP contribution in [-0.2, 0) is 11.2 Å². The molecule has 3 unspecified atom stereocenters. The molecule has 1 amide bonds. The highest BCUT2D eigenvalue weighted by Crippen LogP contribution is 2.32. The van der Waals surface area contributed by atoms with Crippen molar-refractivity contribution in [3.05, 3.63) is 71.3 Å². The molecule has 3 atom stereocenters. The summed E-state index contributed by atoms with van der Waals surface area (Å²) in [5.74, 6) is 0.218. The van der Waals surface area contributed by atoms with E-state index in [1.165, 1.54) is 11.1 Å². The van der Waals surface area contributed by atoms with Crippen molar-refractivity contribution in [1.82, 2.24) is 5.32 Å². The fourth-order valence-electron chi connectivity index (χ4n) is 3.37. The van der Waals surface area contributed by atoms with E-state index in [1.54, 1.807) is 0 Å². The number of hydrogen-bond donors (Lipinski definition) is 2. The summed E-state index contributed by atoms with van der Waals surface area (Å²) in [5.41, 5.74) is 10.0. The summed E-state index contributed by atoms with van der Waals surface area (Å²) in [6.07, 6.45) is 2.22. The molecule has 1 aliphatic carbocycles. The molecule has 0 spiro atoms. The van der Waals surface area contributed by atoms with Crippen molar-refractivity contribution in [3.63, 3.8) is 0 Å². The van der Waals surface area contributed by atoms with E-state index >= 15 is 0 Å². The summed E-state index contributed by atoms with van der Waals surface area (Å²) in [7, 11) is 0. The minimum atomic E-state index is -0.271. The smallest absolute Gasteiger partial charge is 0.224 e. The quantitative estimate of drug-likeness (QED) is 0.870. The zero-order chi connectivity index (χ0) is 16.2. The Bertz CT molecular complexity index is 674. The number of fused-ring (bicyclic) bond motifs is 1. The van der Waals surface area contributed by atoms with Gasteiger partial charge in [-0.25, -0.2) is 0 Å². The Morgan fingerprint density at radius 3 is 2.58 bits per heavy atom. The first-order chi connectivity index (χ1) is 11.2. The third-order valence-electron chi connectivity index (χ3n) is 4.92. The number of benzene rings is 2. The molecular weight excluding hydrogens is 320 g/mol. The summed E-state index contributed by atoms with van der Waals surface area (Å²) in [6.45, 7) is 2.59. The maximum atomic E-state index is 12.4. The first-order valence-electron chi connectivity index (χ1n) is 8.33. The number of carbonyl (C=O) groups excluding carboxylic acids is 1. The van der Waals surface area contributed by atoms with Crippen molar-refractivity contribution in [2.75, 3.05) is 6.54 Å². The van der Waals surface area contributed by atoms with Gasteiger partial charge in [-0.05, 0) is 29.5 Å². The lowest BCUT2D eigenvalue weighted by atomic mass is 9.94. The molecule has 4 heteroatoms. The van der Waals surface area contributed by atoms with Crippen molar-refractivity contribution in [1.29, 1.82) is 0 Å². The molecule has 0 fully saturated rings. The van der Waals surface area contributed by atoms with Gasteiger partial charge >= 0.3 is 0 Å². The van der Waals surface area contributed by atoms with Crippen LogP contribution in [0.5, 0.6) is 0 Å². The molecule has 0 bridgehead atoms. The second kappa shape index (κ2) is 8.32. The lowest BCUT2D eigenvalue weighted by molar-refractivity contribution is -0.125. The summed E-state index contributed by atoms with van der Waals surface area (Å²) in [5, 5.41) is 3.10. The van der Waals surface area contributed by atoms with Crippen LogP contribution in [0.15, 0.2) is 54.6 Å². The van der Waals surface area contributed by atoms with Crippen LogP contribution in [0.25, 0.3) is 0 Å². The first kappa shape index (κ1) is 18.5. The van der Waals surface area contributed by atoms with Gasteiger partial charge in [-0.1, -0.05) is 61.5 Å². The van der Waals surface area contributed by atoms with Crippen molar-refractivity contribution in [2.45, 2.75) is 31.7 Å². The standard InChI is InChI=1S/C20H24N2O.ClH/c1-14(19(21)16-8-3-2-4-9-16)20(23)22-13-17-12-11-15-7-5-6-10-18(15)17;/h2-10,14,17,19H,11-13,21H2,1H3,(H,22,23);1H. The maximum absolute atomic E-state index is 12.4. The molecule has 0 saturated heterocycles. The Balaban J connectivity index is 0.00000208. The number of aryl methyl sites for hydroxylation is 1. The molecule has 24 heavy (non-hydrogen) atoms. The number of carbonyl (C=O) groups is 1. The van der Waals surface area contributed by atoms with Crippen molar-refractivity contribution in [2.24, 2.45) is 11.7 Å². The van der Waals surface area contributed by atoms with Gasteiger partial charge in [0.05, 0.1) is 5.92 Å². The van der Waals surface area contributed by atoms with Gasteiger partial charge < -0.3 is 11.1 Å². The molecule has 0 heterocycles. The molecule has 0 saturated carbocycles. The molecule has 3 nitrogen and oxygen atoms in total. The van der Waals surface area contributed by atoms with Crippen molar-refractivity contribution in [3.8, 4) is 0 Å². The Morgan fingerprint density at radius 2 is 1.83 bits per heavy atom. The molecular formula is C20H25ClN2O. The average molecular weight is 345 g/mol. The molecule has 0 radical (unpaired) electrons. The molecule has 0 aliphatic heterocycles. The van der Waals surface area contributed by atoms with Crippen LogP contribution in [0.4, 0.5) is 0 Å². The SMILES string of the molecule is CC(C(=O)NCC1CCc2ccccc21)C(N)c1ccccc1.Cl. The topological polar surface area (TPSA) is 55.1 Å². The fraction of sp³-hybridized carbons (Fsp3) is 0.350. The van der Waals surface area contributed by atoms with Crippen LogP contribution in [0.1, 0.15) is 42.0 Å². The molecule has 2 aromatic carbocycles. The second-order valence-corrected chi connectivity index (χ2v) is 6.40. The lowest BCUT2D eigenvalue weighted by Gasteiger charge is -2.21. The van der Waals surface area contributed by atoms with Gasteiger partial charge in [-0.2, -0.15) is 0 Å². The van der Waals surface area contributed by atoms with E-state index in [-0.39, 0.29) is 30.3 Å². The van der Waals surface area contributed by atoms with Gasteiger partial charge in [0.15, 0.2) is 0 Å². The average Bonchev–Trinajstić information content (AvgIpc) is 3.02. The minimum Gasteiger partial charge on any atom is -0.355 e. The number of halogens is 1.